The molecule has 0 amide bonds. The molecule has 0 radical (unpaired) electrons. The molecule has 0 bridgehead atoms. The summed E-state index contributed by atoms with van der Waals surface area (Å²) in [4.78, 5) is 2.53. The van der Waals surface area contributed by atoms with Crippen molar-refractivity contribution in [1.82, 2.24) is 0 Å². The molecule has 1 heterocycles. The van der Waals surface area contributed by atoms with E-state index < -0.39 is 0 Å². The van der Waals surface area contributed by atoms with Crippen LogP contribution < -0.4 is 4.90 Å². The third-order valence-corrected chi connectivity index (χ3v) is 11.6. The molecule has 0 N–H and O–H groups in total. The van der Waals surface area contributed by atoms with Gasteiger partial charge in [-0.15, -0.1) is 11.3 Å². The van der Waals surface area contributed by atoms with E-state index in [2.05, 4.69) is 170 Å². The number of anilines is 3. The van der Waals surface area contributed by atoms with Crippen LogP contribution in [0.15, 0.2) is 152 Å². The lowest BCUT2D eigenvalue weighted by molar-refractivity contribution is 0.660. The van der Waals surface area contributed by atoms with Gasteiger partial charge in [-0.1, -0.05) is 135 Å². The van der Waals surface area contributed by atoms with E-state index >= 15 is 0 Å². The minimum atomic E-state index is -0.0823. The molecule has 222 valence electrons. The second-order valence-corrected chi connectivity index (χ2v) is 14.3. The van der Waals surface area contributed by atoms with Gasteiger partial charge in [0.2, 0.25) is 0 Å². The average molecular weight is 618 g/mol. The van der Waals surface area contributed by atoms with Crippen molar-refractivity contribution in [1.29, 1.82) is 0 Å². The van der Waals surface area contributed by atoms with Crippen LogP contribution in [0.25, 0.3) is 64.0 Å². The van der Waals surface area contributed by atoms with Crippen molar-refractivity contribution in [3.05, 3.63) is 163 Å². The molecule has 9 aromatic rings. The summed E-state index contributed by atoms with van der Waals surface area (Å²) in [6.45, 7) is 4.73. The van der Waals surface area contributed by atoms with Gasteiger partial charge in [-0.3, -0.25) is 0 Å². The predicted molar refractivity (Wildman–Crippen MR) is 203 cm³/mol. The highest BCUT2D eigenvalue weighted by molar-refractivity contribution is 7.26. The Hall–Kier alpha value is -5.44. The molecule has 0 fully saturated rings. The van der Waals surface area contributed by atoms with Gasteiger partial charge in [0.25, 0.3) is 0 Å². The van der Waals surface area contributed by atoms with Crippen LogP contribution in [0.4, 0.5) is 17.1 Å². The van der Waals surface area contributed by atoms with E-state index in [0.29, 0.717) is 0 Å². The summed E-state index contributed by atoms with van der Waals surface area (Å²) in [5.41, 5.74) is 11.4. The van der Waals surface area contributed by atoms with Crippen LogP contribution in [0.2, 0.25) is 0 Å². The molecule has 0 atom stereocenters. The maximum atomic E-state index is 2.53. The van der Waals surface area contributed by atoms with Crippen molar-refractivity contribution in [2.45, 2.75) is 19.3 Å². The first-order chi connectivity index (χ1) is 23.1. The molecule has 10 rings (SSSR count). The molecule has 0 aliphatic heterocycles. The van der Waals surface area contributed by atoms with Crippen molar-refractivity contribution in [3.63, 3.8) is 0 Å². The monoisotopic (exact) mass is 617 g/mol. The Balaban J connectivity index is 1.29. The normalized spacial score (nSPS) is 13.5. The summed E-state index contributed by atoms with van der Waals surface area (Å²) in [6, 6.07) is 56.1. The molecule has 1 nitrogen and oxygen atoms in total. The van der Waals surface area contributed by atoms with Crippen molar-refractivity contribution in [3.8, 4) is 22.3 Å². The van der Waals surface area contributed by atoms with Gasteiger partial charge >= 0.3 is 0 Å². The van der Waals surface area contributed by atoms with E-state index in [9.17, 15) is 0 Å². The molecule has 0 unspecified atom stereocenters. The minimum absolute atomic E-state index is 0.0823. The standard InChI is InChI=1S/C45H31NS/c1-45(2)36-18-9-8-16-35(36)41-37(45)19-11-20-38(41)46(30-24-22-29(23-25-30)28-12-4-3-5-13-28)39-27-26-34-32-15-7-6-14-31(32)33-17-10-21-40-42(33)43(34)44(39)47-40/h3-27H,1-2H3. The summed E-state index contributed by atoms with van der Waals surface area (Å²) in [6.07, 6.45) is 0. The summed E-state index contributed by atoms with van der Waals surface area (Å²) in [7, 11) is 0. The number of hydrogen-bond acceptors (Lipinski definition) is 2. The van der Waals surface area contributed by atoms with E-state index in [1.165, 1.54) is 86.5 Å². The maximum Gasteiger partial charge on any atom is 0.0641 e. The third-order valence-electron chi connectivity index (χ3n) is 10.4. The average Bonchev–Trinajstić information content (AvgIpc) is 3.63. The van der Waals surface area contributed by atoms with Crippen LogP contribution in [-0.4, -0.2) is 0 Å². The van der Waals surface area contributed by atoms with Crippen molar-refractivity contribution < 1.29 is 0 Å². The summed E-state index contributed by atoms with van der Waals surface area (Å²) < 4.78 is 2.67. The Bertz CT molecular complexity index is 2640. The van der Waals surface area contributed by atoms with E-state index in [1.54, 1.807) is 0 Å². The Morgan fingerprint density at radius 3 is 1.91 bits per heavy atom. The maximum absolute atomic E-state index is 2.53. The zero-order valence-corrected chi connectivity index (χ0v) is 27.1. The molecule has 2 heteroatoms. The lowest BCUT2D eigenvalue weighted by atomic mass is 9.82. The lowest BCUT2D eigenvalue weighted by Crippen LogP contribution is -2.16. The summed E-state index contributed by atoms with van der Waals surface area (Å²) in [5.74, 6) is 0. The predicted octanol–water partition coefficient (Wildman–Crippen LogP) is 13.2. The number of fused-ring (bicyclic) bond motifs is 6. The van der Waals surface area contributed by atoms with Crippen LogP contribution in [-0.2, 0) is 5.41 Å². The van der Waals surface area contributed by atoms with E-state index in [-0.39, 0.29) is 5.41 Å². The van der Waals surface area contributed by atoms with Gasteiger partial charge in [0.15, 0.2) is 0 Å². The Morgan fingerprint density at radius 1 is 0.468 bits per heavy atom. The first-order valence-corrected chi connectivity index (χ1v) is 17.2. The molecule has 8 aromatic carbocycles. The molecule has 1 aromatic heterocycles. The van der Waals surface area contributed by atoms with Gasteiger partial charge in [-0.05, 0) is 79.7 Å². The van der Waals surface area contributed by atoms with Gasteiger partial charge < -0.3 is 4.90 Å². The SMILES string of the molecule is CC1(C)c2ccccc2-c2c(N(c3ccc(-c4ccccc4)cc3)c3ccc4c5ccccc5c5cccc6sc3c4c65)cccc21. The smallest absolute Gasteiger partial charge is 0.0641 e. The van der Waals surface area contributed by atoms with Crippen molar-refractivity contribution >= 4 is 70.1 Å². The second-order valence-electron chi connectivity index (χ2n) is 13.3. The third kappa shape index (κ3) is 3.71. The zero-order chi connectivity index (χ0) is 31.3. The fourth-order valence-electron chi connectivity index (χ4n) is 8.25. The molecule has 1 aliphatic rings. The quantitative estimate of drug-likeness (QED) is 0.178. The fraction of sp³-hybridized carbons (Fsp3) is 0.0667. The largest absolute Gasteiger partial charge is 0.308 e. The summed E-state index contributed by atoms with van der Waals surface area (Å²) >= 11 is 1.92. The molecule has 0 spiro atoms. The Morgan fingerprint density at radius 2 is 1.11 bits per heavy atom. The van der Waals surface area contributed by atoms with Crippen LogP contribution in [0.3, 0.4) is 0 Å². The van der Waals surface area contributed by atoms with Crippen LogP contribution in [0.5, 0.6) is 0 Å². The first kappa shape index (κ1) is 26.7. The van der Waals surface area contributed by atoms with Gasteiger partial charge in [0, 0.05) is 32.1 Å². The highest BCUT2D eigenvalue weighted by Gasteiger charge is 2.38. The molecular formula is C45H31NS. The molecule has 1 aliphatic carbocycles. The highest BCUT2D eigenvalue weighted by atomic mass is 32.1. The Labute approximate surface area is 278 Å². The molecule has 0 saturated carbocycles. The fourth-order valence-corrected chi connectivity index (χ4v) is 9.51. The number of rotatable bonds is 4. The van der Waals surface area contributed by atoms with Gasteiger partial charge in [-0.2, -0.15) is 0 Å². The summed E-state index contributed by atoms with van der Waals surface area (Å²) in [5, 5.41) is 8.06. The van der Waals surface area contributed by atoms with Crippen molar-refractivity contribution in [2.24, 2.45) is 0 Å². The minimum Gasteiger partial charge on any atom is -0.308 e. The molecule has 47 heavy (non-hydrogen) atoms. The Kier molecular flexibility index (Phi) is 5.57. The number of hydrogen-bond donors (Lipinski definition) is 0. The highest BCUT2D eigenvalue weighted by Crippen LogP contribution is 2.56. The zero-order valence-electron chi connectivity index (χ0n) is 26.3. The number of nitrogens with zero attached hydrogens (tertiary/aromatic N) is 1. The molecular weight excluding hydrogens is 587 g/mol. The van der Waals surface area contributed by atoms with E-state index in [1.807, 2.05) is 11.3 Å². The number of thiophene rings is 1. The van der Waals surface area contributed by atoms with E-state index in [4.69, 9.17) is 0 Å². The van der Waals surface area contributed by atoms with Gasteiger partial charge in [-0.25, -0.2) is 0 Å². The van der Waals surface area contributed by atoms with Gasteiger partial charge in [0.1, 0.15) is 0 Å². The van der Waals surface area contributed by atoms with Crippen molar-refractivity contribution in [2.75, 3.05) is 4.90 Å². The topological polar surface area (TPSA) is 3.24 Å². The molecule has 0 saturated heterocycles. The number of benzene rings is 8. The van der Waals surface area contributed by atoms with Crippen LogP contribution in [0.1, 0.15) is 25.0 Å². The van der Waals surface area contributed by atoms with Crippen LogP contribution >= 0.6 is 11.3 Å². The lowest BCUT2D eigenvalue weighted by Gasteiger charge is -2.29. The second kappa shape index (κ2) is 9.78. The van der Waals surface area contributed by atoms with Gasteiger partial charge in [0.05, 0.1) is 16.1 Å². The first-order valence-electron chi connectivity index (χ1n) is 16.4. The van der Waals surface area contributed by atoms with E-state index in [0.717, 1.165) is 5.69 Å². The van der Waals surface area contributed by atoms with Crippen LogP contribution in [0, 0.1) is 0 Å².